The number of hydrogen-bond donors (Lipinski definition) is 1. The van der Waals surface area contributed by atoms with Crippen LogP contribution in [0.2, 0.25) is 0 Å². The largest absolute Gasteiger partial charge is 0.495 e. The van der Waals surface area contributed by atoms with E-state index in [9.17, 15) is 14.9 Å². The Kier molecular flexibility index (Phi) is 6.97. The lowest BCUT2D eigenvalue weighted by Gasteiger charge is -2.30. The third-order valence-electron chi connectivity index (χ3n) is 6.56. The molecule has 1 amide bonds. The number of methoxy groups -OCH3 is 1. The number of carbonyl (C=O) groups is 1. The van der Waals surface area contributed by atoms with Crippen molar-refractivity contribution in [3.8, 4) is 17.2 Å². The molecule has 0 bridgehead atoms. The number of ether oxygens (including phenoxy) is 2. The van der Waals surface area contributed by atoms with Crippen molar-refractivity contribution >= 4 is 34.1 Å². The van der Waals surface area contributed by atoms with E-state index in [0.29, 0.717) is 66.4 Å². The van der Waals surface area contributed by atoms with E-state index in [-0.39, 0.29) is 11.3 Å². The van der Waals surface area contributed by atoms with Crippen molar-refractivity contribution in [3.63, 3.8) is 0 Å². The number of amides is 1. The highest BCUT2D eigenvalue weighted by Gasteiger charge is 2.23. The Morgan fingerprint density at radius 1 is 1.11 bits per heavy atom. The number of nitrogens with one attached hydrogen (secondary N) is 1. The second-order valence-corrected chi connectivity index (χ2v) is 9.33. The van der Waals surface area contributed by atoms with Crippen molar-refractivity contribution in [1.82, 2.24) is 4.98 Å². The molecule has 0 saturated carbocycles. The van der Waals surface area contributed by atoms with Crippen LogP contribution in [0.3, 0.4) is 0 Å². The zero-order chi connectivity index (χ0) is 26.8. The first-order valence-electron chi connectivity index (χ1n) is 12.4. The standard InChI is InChI=1S/C28H28N4O6/c1-17(2)18-4-9-26-23(14-18)30-28(38-26)19-5-8-25(36-3)22(15-19)29-27(33)21-16-20(32(34)35)6-7-24(21)31-10-12-37-13-11-31/h4-9,14-17H,10-13H2,1-3H3,(H,29,33). The van der Waals surface area contributed by atoms with Gasteiger partial charge in [-0.15, -0.1) is 0 Å². The minimum absolute atomic E-state index is 0.167. The van der Waals surface area contributed by atoms with Crippen LogP contribution in [0.5, 0.6) is 5.75 Å². The zero-order valence-corrected chi connectivity index (χ0v) is 21.4. The number of nitro benzene ring substituents is 1. The van der Waals surface area contributed by atoms with E-state index in [2.05, 4.69) is 24.1 Å². The maximum absolute atomic E-state index is 13.5. The number of anilines is 2. The van der Waals surface area contributed by atoms with Crippen LogP contribution in [0.4, 0.5) is 17.1 Å². The number of rotatable bonds is 7. The molecule has 3 aromatic carbocycles. The highest BCUT2D eigenvalue weighted by molar-refractivity contribution is 6.09. The Bertz CT molecular complexity index is 1510. The number of carbonyl (C=O) groups excluding carboxylic acids is 1. The monoisotopic (exact) mass is 516 g/mol. The lowest BCUT2D eigenvalue weighted by molar-refractivity contribution is -0.384. The lowest BCUT2D eigenvalue weighted by atomic mass is 10.0. The summed E-state index contributed by atoms with van der Waals surface area (Å²) in [5, 5.41) is 14.3. The number of nitrogens with zero attached hydrogens (tertiary/aromatic N) is 3. The predicted octanol–water partition coefficient (Wildman–Crippen LogP) is 5.62. The third-order valence-corrected chi connectivity index (χ3v) is 6.56. The van der Waals surface area contributed by atoms with Gasteiger partial charge in [0, 0.05) is 30.8 Å². The predicted molar refractivity (Wildman–Crippen MR) is 144 cm³/mol. The lowest BCUT2D eigenvalue weighted by Crippen LogP contribution is -2.37. The second kappa shape index (κ2) is 10.5. The summed E-state index contributed by atoms with van der Waals surface area (Å²) >= 11 is 0. The molecule has 1 fully saturated rings. The van der Waals surface area contributed by atoms with Gasteiger partial charge in [0.25, 0.3) is 11.6 Å². The first-order valence-corrected chi connectivity index (χ1v) is 12.4. The molecule has 2 heterocycles. The van der Waals surface area contributed by atoms with E-state index >= 15 is 0 Å². The average molecular weight is 517 g/mol. The quantitative estimate of drug-likeness (QED) is 0.248. The Labute approximate surface area is 219 Å². The van der Waals surface area contributed by atoms with Gasteiger partial charge in [0.2, 0.25) is 5.89 Å². The molecule has 1 saturated heterocycles. The molecule has 1 aromatic heterocycles. The van der Waals surface area contributed by atoms with Crippen molar-refractivity contribution in [2.75, 3.05) is 43.6 Å². The summed E-state index contributed by atoms with van der Waals surface area (Å²) in [4.78, 5) is 31.1. The topological polar surface area (TPSA) is 120 Å². The molecular formula is C28H28N4O6. The summed E-state index contributed by atoms with van der Waals surface area (Å²) in [6.45, 7) is 6.41. The molecule has 4 aromatic rings. The summed E-state index contributed by atoms with van der Waals surface area (Å²) in [6, 6.07) is 15.5. The first kappa shape index (κ1) is 25.2. The van der Waals surface area contributed by atoms with Gasteiger partial charge in [-0.05, 0) is 47.9 Å². The summed E-state index contributed by atoms with van der Waals surface area (Å²) in [5.74, 6) is 0.699. The SMILES string of the molecule is COc1ccc(-c2nc3cc(C(C)C)ccc3o2)cc1NC(=O)c1cc([N+](=O)[O-])ccc1N1CCOCC1. The van der Waals surface area contributed by atoms with E-state index in [1.807, 2.05) is 23.1 Å². The summed E-state index contributed by atoms with van der Waals surface area (Å²) in [6.07, 6.45) is 0. The van der Waals surface area contributed by atoms with Crippen LogP contribution in [0.25, 0.3) is 22.6 Å². The molecule has 10 nitrogen and oxygen atoms in total. The Balaban J connectivity index is 1.49. The summed E-state index contributed by atoms with van der Waals surface area (Å²) < 4.78 is 16.9. The number of morpholine rings is 1. The van der Waals surface area contributed by atoms with Crippen molar-refractivity contribution < 1.29 is 23.6 Å². The van der Waals surface area contributed by atoms with Crippen molar-refractivity contribution in [3.05, 3.63) is 75.8 Å². The van der Waals surface area contributed by atoms with Crippen LogP contribution in [-0.4, -0.2) is 49.2 Å². The van der Waals surface area contributed by atoms with Crippen LogP contribution >= 0.6 is 0 Å². The molecule has 0 spiro atoms. The molecule has 1 aliphatic heterocycles. The number of non-ortho nitro benzene ring substituents is 1. The molecule has 1 aliphatic rings. The molecular weight excluding hydrogens is 488 g/mol. The van der Waals surface area contributed by atoms with Crippen molar-refractivity contribution in [1.29, 1.82) is 0 Å². The molecule has 0 aliphatic carbocycles. The molecule has 196 valence electrons. The van der Waals surface area contributed by atoms with Gasteiger partial charge < -0.3 is 24.1 Å². The van der Waals surface area contributed by atoms with E-state index < -0.39 is 10.8 Å². The number of nitro groups is 1. The Hall–Kier alpha value is -4.44. The number of fused-ring (bicyclic) bond motifs is 1. The molecule has 38 heavy (non-hydrogen) atoms. The fourth-order valence-electron chi connectivity index (χ4n) is 4.45. The van der Waals surface area contributed by atoms with E-state index in [1.165, 1.54) is 19.2 Å². The molecule has 0 radical (unpaired) electrons. The van der Waals surface area contributed by atoms with Gasteiger partial charge >= 0.3 is 0 Å². The average Bonchev–Trinajstić information content (AvgIpc) is 3.36. The van der Waals surface area contributed by atoms with Crippen LogP contribution in [0.1, 0.15) is 35.7 Å². The van der Waals surface area contributed by atoms with Crippen LogP contribution in [0.15, 0.2) is 59.0 Å². The van der Waals surface area contributed by atoms with E-state index in [1.54, 1.807) is 24.3 Å². The molecule has 10 heteroatoms. The van der Waals surface area contributed by atoms with Gasteiger partial charge in [-0.25, -0.2) is 4.98 Å². The molecule has 0 atom stereocenters. The van der Waals surface area contributed by atoms with Crippen molar-refractivity contribution in [2.24, 2.45) is 0 Å². The van der Waals surface area contributed by atoms with Gasteiger partial charge in [0.15, 0.2) is 5.58 Å². The maximum Gasteiger partial charge on any atom is 0.270 e. The maximum atomic E-state index is 13.5. The first-order chi connectivity index (χ1) is 18.3. The van der Waals surface area contributed by atoms with Gasteiger partial charge in [0.05, 0.1) is 42.2 Å². The molecule has 0 unspecified atom stereocenters. The fourth-order valence-corrected chi connectivity index (χ4v) is 4.45. The fraction of sp³-hybridized carbons (Fsp3) is 0.286. The van der Waals surface area contributed by atoms with Crippen LogP contribution < -0.4 is 15.0 Å². The van der Waals surface area contributed by atoms with Gasteiger partial charge in [-0.1, -0.05) is 19.9 Å². The highest BCUT2D eigenvalue weighted by atomic mass is 16.6. The van der Waals surface area contributed by atoms with Crippen LogP contribution in [-0.2, 0) is 4.74 Å². The number of aromatic nitrogens is 1. The van der Waals surface area contributed by atoms with E-state index in [0.717, 1.165) is 11.1 Å². The molecule has 5 rings (SSSR count). The van der Waals surface area contributed by atoms with Crippen molar-refractivity contribution in [2.45, 2.75) is 19.8 Å². The number of oxazole rings is 1. The Morgan fingerprint density at radius 2 is 1.89 bits per heavy atom. The minimum atomic E-state index is -0.515. The summed E-state index contributed by atoms with van der Waals surface area (Å²) in [7, 11) is 1.50. The summed E-state index contributed by atoms with van der Waals surface area (Å²) in [5.41, 5.74) is 4.24. The Morgan fingerprint density at radius 3 is 2.61 bits per heavy atom. The normalized spacial score (nSPS) is 13.6. The number of benzene rings is 3. The zero-order valence-electron chi connectivity index (χ0n) is 21.4. The number of hydrogen-bond acceptors (Lipinski definition) is 8. The minimum Gasteiger partial charge on any atom is -0.495 e. The highest BCUT2D eigenvalue weighted by Crippen LogP contribution is 2.34. The van der Waals surface area contributed by atoms with Gasteiger partial charge in [0.1, 0.15) is 11.3 Å². The van der Waals surface area contributed by atoms with Gasteiger partial charge in [-0.3, -0.25) is 14.9 Å². The third kappa shape index (κ3) is 5.03. The van der Waals surface area contributed by atoms with Crippen LogP contribution in [0, 0.1) is 10.1 Å². The second-order valence-electron chi connectivity index (χ2n) is 9.33. The van der Waals surface area contributed by atoms with Gasteiger partial charge in [-0.2, -0.15) is 0 Å². The molecule has 1 N–H and O–H groups in total. The van der Waals surface area contributed by atoms with E-state index in [4.69, 9.17) is 13.9 Å². The smallest absolute Gasteiger partial charge is 0.270 e.